The summed E-state index contributed by atoms with van der Waals surface area (Å²) in [6.45, 7) is 6.65. The zero-order valence-electron chi connectivity index (χ0n) is 9.96. The fourth-order valence-corrected chi connectivity index (χ4v) is 2.05. The Balaban J connectivity index is 2.45. The molecule has 1 aromatic rings. The number of rotatable bonds is 2. The highest BCUT2D eigenvalue weighted by Gasteiger charge is 2.21. The Morgan fingerprint density at radius 3 is 2.81 bits per heavy atom. The van der Waals surface area contributed by atoms with Gasteiger partial charge in [-0.2, -0.15) is 0 Å². The largest absolute Gasteiger partial charge is 0.491 e. The van der Waals surface area contributed by atoms with E-state index in [1.165, 1.54) is 0 Å². The summed E-state index contributed by atoms with van der Waals surface area (Å²) in [5.74, 6) is 0.832. The van der Waals surface area contributed by atoms with Gasteiger partial charge in [-0.1, -0.05) is 6.07 Å². The molecule has 1 aliphatic rings. The molecule has 3 nitrogen and oxygen atoms in total. The van der Waals surface area contributed by atoms with Gasteiger partial charge in [-0.3, -0.25) is 4.79 Å². The Morgan fingerprint density at radius 1 is 1.38 bits per heavy atom. The second-order valence-electron chi connectivity index (χ2n) is 4.40. The van der Waals surface area contributed by atoms with Gasteiger partial charge in [0.15, 0.2) is 0 Å². The van der Waals surface area contributed by atoms with E-state index in [1.54, 1.807) is 0 Å². The highest BCUT2D eigenvalue weighted by molar-refractivity contribution is 5.98. The van der Waals surface area contributed by atoms with Crippen molar-refractivity contribution in [2.24, 2.45) is 0 Å². The van der Waals surface area contributed by atoms with Crippen LogP contribution in [0.15, 0.2) is 12.1 Å². The van der Waals surface area contributed by atoms with E-state index >= 15 is 0 Å². The predicted molar refractivity (Wildman–Crippen MR) is 63.0 cm³/mol. The number of hydrogen-bond donors (Lipinski definition) is 1. The molecule has 0 atom stereocenters. The maximum atomic E-state index is 11.8. The first kappa shape index (κ1) is 11.0. The number of ether oxygens (including phenoxy) is 1. The molecule has 0 spiro atoms. The van der Waals surface area contributed by atoms with Crippen molar-refractivity contribution in [1.29, 1.82) is 0 Å². The van der Waals surface area contributed by atoms with Crippen LogP contribution in [0.1, 0.15) is 35.3 Å². The lowest BCUT2D eigenvalue weighted by atomic mass is 9.95. The van der Waals surface area contributed by atoms with Crippen molar-refractivity contribution in [3.63, 3.8) is 0 Å². The van der Waals surface area contributed by atoms with Crippen molar-refractivity contribution >= 4 is 5.91 Å². The molecule has 0 aliphatic carbocycles. The summed E-state index contributed by atoms with van der Waals surface area (Å²) in [7, 11) is 0. The van der Waals surface area contributed by atoms with Crippen LogP contribution in [0.25, 0.3) is 0 Å². The zero-order valence-corrected chi connectivity index (χ0v) is 9.96. The summed E-state index contributed by atoms with van der Waals surface area (Å²) in [4.78, 5) is 11.8. The fourth-order valence-electron chi connectivity index (χ4n) is 2.05. The molecule has 0 fully saturated rings. The van der Waals surface area contributed by atoms with Crippen LogP contribution in [0.5, 0.6) is 5.75 Å². The maximum Gasteiger partial charge on any atom is 0.251 e. The number of hydrogen-bond acceptors (Lipinski definition) is 2. The monoisotopic (exact) mass is 219 g/mol. The van der Waals surface area contributed by atoms with Crippen molar-refractivity contribution in [3.05, 3.63) is 28.8 Å². The molecule has 86 valence electrons. The number of amides is 1. The van der Waals surface area contributed by atoms with Gasteiger partial charge in [0.25, 0.3) is 5.91 Å². The third-order valence-electron chi connectivity index (χ3n) is 2.77. The zero-order chi connectivity index (χ0) is 11.7. The lowest BCUT2D eigenvalue weighted by Gasteiger charge is -2.21. The van der Waals surface area contributed by atoms with E-state index in [2.05, 4.69) is 5.32 Å². The molecule has 2 rings (SSSR count). The van der Waals surface area contributed by atoms with Gasteiger partial charge < -0.3 is 10.1 Å². The first-order chi connectivity index (χ1) is 7.59. The van der Waals surface area contributed by atoms with Gasteiger partial charge in [0.1, 0.15) is 5.75 Å². The summed E-state index contributed by atoms with van der Waals surface area (Å²) in [6.07, 6.45) is 1.03. The van der Waals surface area contributed by atoms with Gasteiger partial charge in [0.2, 0.25) is 0 Å². The molecule has 1 heterocycles. The molecule has 1 aromatic carbocycles. The second kappa shape index (κ2) is 4.16. The predicted octanol–water partition coefficient (Wildman–Crippen LogP) is 2.07. The first-order valence-electron chi connectivity index (χ1n) is 5.67. The summed E-state index contributed by atoms with van der Waals surface area (Å²) in [5, 5.41) is 2.87. The minimum Gasteiger partial charge on any atom is -0.491 e. The van der Waals surface area contributed by atoms with Crippen LogP contribution in [0, 0.1) is 6.92 Å². The SMILES string of the molecule is Cc1c(OC(C)C)ccc2c1C(=O)NCC2. The Bertz CT molecular complexity index is 424. The van der Waals surface area contributed by atoms with Crippen LogP contribution in [-0.2, 0) is 6.42 Å². The topological polar surface area (TPSA) is 38.3 Å². The van der Waals surface area contributed by atoms with E-state index in [0.29, 0.717) is 0 Å². The molecule has 0 aromatic heterocycles. The summed E-state index contributed by atoms with van der Waals surface area (Å²) in [6, 6.07) is 3.96. The summed E-state index contributed by atoms with van der Waals surface area (Å²) >= 11 is 0. The molecule has 0 unspecified atom stereocenters. The third-order valence-corrected chi connectivity index (χ3v) is 2.77. The Hall–Kier alpha value is -1.51. The minimum absolute atomic E-state index is 0.0213. The minimum atomic E-state index is 0.0213. The molecule has 16 heavy (non-hydrogen) atoms. The van der Waals surface area contributed by atoms with E-state index < -0.39 is 0 Å². The molecule has 1 aliphatic heterocycles. The van der Waals surface area contributed by atoms with Gasteiger partial charge in [-0.25, -0.2) is 0 Å². The first-order valence-corrected chi connectivity index (χ1v) is 5.67. The smallest absolute Gasteiger partial charge is 0.251 e. The molecular weight excluding hydrogens is 202 g/mol. The molecule has 0 radical (unpaired) electrons. The quantitative estimate of drug-likeness (QED) is 0.827. The normalized spacial score (nSPS) is 14.6. The molecular formula is C13H17NO2. The second-order valence-corrected chi connectivity index (χ2v) is 4.40. The Morgan fingerprint density at radius 2 is 2.12 bits per heavy atom. The van der Waals surface area contributed by atoms with Gasteiger partial charge in [-0.15, -0.1) is 0 Å². The van der Waals surface area contributed by atoms with Crippen molar-refractivity contribution in [3.8, 4) is 5.75 Å². The maximum absolute atomic E-state index is 11.8. The lowest BCUT2D eigenvalue weighted by Crippen LogP contribution is -2.32. The van der Waals surface area contributed by atoms with Crippen molar-refractivity contribution in [1.82, 2.24) is 5.32 Å². The summed E-state index contributed by atoms with van der Waals surface area (Å²) in [5.41, 5.74) is 2.87. The highest BCUT2D eigenvalue weighted by atomic mass is 16.5. The Kier molecular flexibility index (Phi) is 2.86. The molecule has 1 N–H and O–H groups in total. The molecule has 1 amide bonds. The number of carbonyl (C=O) groups excluding carboxylic acids is 1. The van der Waals surface area contributed by atoms with Gasteiger partial charge in [0, 0.05) is 17.7 Å². The van der Waals surface area contributed by atoms with E-state index in [-0.39, 0.29) is 12.0 Å². The van der Waals surface area contributed by atoms with E-state index in [1.807, 2.05) is 32.9 Å². The van der Waals surface area contributed by atoms with Crippen molar-refractivity contribution in [2.45, 2.75) is 33.3 Å². The number of benzene rings is 1. The standard InChI is InChI=1S/C13H17NO2/c1-8(2)16-11-5-4-10-6-7-14-13(15)12(10)9(11)3/h4-5,8H,6-7H2,1-3H3,(H,14,15). The van der Waals surface area contributed by atoms with Crippen molar-refractivity contribution in [2.75, 3.05) is 6.54 Å². The number of fused-ring (bicyclic) bond motifs is 1. The molecule has 0 saturated heterocycles. The molecule has 3 heteroatoms. The number of carbonyl (C=O) groups is 1. The average Bonchev–Trinajstić information content (AvgIpc) is 2.22. The van der Waals surface area contributed by atoms with Crippen LogP contribution < -0.4 is 10.1 Å². The molecule has 0 bridgehead atoms. The van der Waals surface area contributed by atoms with E-state index in [9.17, 15) is 4.79 Å². The van der Waals surface area contributed by atoms with E-state index in [0.717, 1.165) is 35.4 Å². The van der Waals surface area contributed by atoms with Crippen LogP contribution in [0.4, 0.5) is 0 Å². The third kappa shape index (κ3) is 1.90. The van der Waals surface area contributed by atoms with Crippen LogP contribution >= 0.6 is 0 Å². The van der Waals surface area contributed by atoms with Crippen LogP contribution in [0.2, 0.25) is 0 Å². The van der Waals surface area contributed by atoms with Gasteiger partial charge >= 0.3 is 0 Å². The number of nitrogens with one attached hydrogen (secondary N) is 1. The highest BCUT2D eigenvalue weighted by Crippen LogP contribution is 2.27. The van der Waals surface area contributed by atoms with Crippen LogP contribution in [-0.4, -0.2) is 18.6 Å². The fraction of sp³-hybridized carbons (Fsp3) is 0.462. The lowest BCUT2D eigenvalue weighted by molar-refractivity contribution is 0.0944. The van der Waals surface area contributed by atoms with Crippen LogP contribution in [0.3, 0.4) is 0 Å². The summed E-state index contributed by atoms with van der Waals surface area (Å²) < 4.78 is 5.68. The van der Waals surface area contributed by atoms with E-state index in [4.69, 9.17) is 4.74 Å². The van der Waals surface area contributed by atoms with Gasteiger partial charge in [-0.05, 0) is 38.8 Å². The van der Waals surface area contributed by atoms with Gasteiger partial charge in [0.05, 0.1) is 6.10 Å². The Labute approximate surface area is 95.8 Å². The van der Waals surface area contributed by atoms with Crippen molar-refractivity contribution < 1.29 is 9.53 Å². The average molecular weight is 219 g/mol. The molecule has 0 saturated carbocycles.